The zero-order valence-electron chi connectivity index (χ0n) is 21.5. The highest BCUT2D eigenvalue weighted by Gasteiger charge is 2.31. The number of hydrogen-bond donors (Lipinski definition) is 4. The van der Waals surface area contributed by atoms with Gasteiger partial charge in [-0.1, -0.05) is 54.6 Å². The smallest absolute Gasteiger partial charge is 0.338 e. The van der Waals surface area contributed by atoms with Crippen molar-refractivity contribution in [3.05, 3.63) is 72.3 Å². The molecule has 0 saturated heterocycles. The van der Waals surface area contributed by atoms with Crippen LogP contribution < -0.4 is 34.2 Å². The van der Waals surface area contributed by atoms with Crippen molar-refractivity contribution in [2.24, 2.45) is 17.4 Å². The molecule has 0 bridgehead atoms. The van der Waals surface area contributed by atoms with Gasteiger partial charge in [-0.25, -0.2) is 4.79 Å². The van der Waals surface area contributed by atoms with Gasteiger partial charge in [-0.2, -0.15) is 0 Å². The normalized spacial score (nSPS) is 13.1. The van der Waals surface area contributed by atoms with E-state index in [2.05, 4.69) is 29.0 Å². The first-order chi connectivity index (χ1) is 17.8. The molecule has 38 heavy (non-hydrogen) atoms. The predicted octanol–water partition coefficient (Wildman–Crippen LogP) is -2.28. The van der Waals surface area contributed by atoms with Gasteiger partial charge >= 0.3 is 17.9 Å². The van der Waals surface area contributed by atoms with Crippen LogP contribution in [0.15, 0.2) is 61.2 Å². The van der Waals surface area contributed by atoms with Crippen LogP contribution in [0.1, 0.15) is 42.7 Å². The van der Waals surface area contributed by atoms with E-state index >= 15 is 0 Å². The maximum Gasteiger partial charge on any atom is 0.338 e. The largest absolute Gasteiger partial charge is 1.00 e. The molecule has 0 unspecified atom stereocenters. The molecule has 0 saturated carbocycles. The molecule has 2 atom stereocenters. The highest BCUT2D eigenvalue weighted by atomic mass is 35.5. The lowest BCUT2D eigenvalue weighted by atomic mass is 9.97. The molecule has 0 aromatic heterocycles. The molecule has 10 heteroatoms. The minimum atomic E-state index is -0.883. The minimum absolute atomic E-state index is 0. The molecule has 2 aromatic rings. The highest BCUT2D eigenvalue weighted by Crippen LogP contribution is 2.44. The Morgan fingerprint density at radius 3 is 2.24 bits per heavy atom. The summed E-state index contributed by atoms with van der Waals surface area (Å²) >= 11 is 0. The van der Waals surface area contributed by atoms with E-state index in [4.69, 9.17) is 20.9 Å². The van der Waals surface area contributed by atoms with Crippen molar-refractivity contribution in [1.29, 1.82) is 0 Å². The standard InChI is InChI=1S/C28H34N4O5.ClH/c1-3-9-24(27(35)36-2)32-26(34)18(10-8-15-31-28(29)30)16-25(33)37-17-23-21-13-6-4-11-19(21)20-12-5-7-14-22(20)23;/h3-7,11-14,18,23-24H,1,8-10,15-17H2,2H3,(H,32,34)(H4,29,30,31);1H/t18-,24-;/m1./s1. The third-order valence-electron chi connectivity index (χ3n) is 6.42. The highest BCUT2D eigenvalue weighted by molar-refractivity contribution is 5.88. The second-order valence-electron chi connectivity index (χ2n) is 8.94. The summed E-state index contributed by atoms with van der Waals surface area (Å²) in [6, 6.07) is 15.3. The topological polar surface area (TPSA) is 148 Å². The van der Waals surface area contributed by atoms with E-state index in [0.717, 1.165) is 22.3 Å². The maximum absolute atomic E-state index is 13.1. The average Bonchev–Trinajstić information content (AvgIpc) is 3.22. The number of hydrogen-bond acceptors (Lipinski definition) is 5. The third kappa shape index (κ3) is 7.82. The molecular weight excluding hydrogens is 508 g/mol. The van der Waals surface area contributed by atoms with Gasteiger partial charge in [-0.15, -0.1) is 6.58 Å². The number of nitrogens with one attached hydrogen (secondary N) is 2. The number of ether oxygens (including phenoxy) is 2. The summed E-state index contributed by atoms with van der Waals surface area (Å²) < 4.78 is 10.5. The van der Waals surface area contributed by atoms with Crippen LogP contribution >= 0.6 is 0 Å². The van der Waals surface area contributed by atoms with E-state index in [0.29, 0.717) is 19.4 Å². The molecule has 1 aliphatic rings. The lowest BCUT2D eigenvalue weighted by molar-refractivity contribution is -0.459. The van der Waals surface area contributed by atoms with E-state index in [1.165, 1.54) is 13.2 Å². The average molecular weight is 543 g/mol. The number of nitrogens with two attached hydrogens (primary N) is 2. The number of fused-ring (bicyclic) bond motifs is 3. The molecule has 204 valence electrons. The molecule has 6 N–H and O–H groups in total. The van der Waals surface area contributed by atoms with Gasteiger partial charge in [0.15, 0.2) is 0 Å². The molecule has 0 heterocycles. The Hall–Kier alpha value is -3.85. The van der Waals surface area contributed by atoms with E-state index < -0.39 is 29.8 Å². The number of rotatable bonds is 13. The van der Waals surface area contributed by atoms with Crippen molar-refractivity contribution < 1.29 is 41.3 Å². The first-order valence-electron chi connectivity index (χ1n) is 12.3. The van der Waals surface area contributed by atoms with Crippen molar-refractivity contribution in [1.82, 2.24) is 5.32 Å². The van der Waals surface area contributed by atoms with Crippen molar-refractivity contribution >= 4 is 23.8 Å². The van der Waals surface area contributed by atoms with Crippen molar-refractivity contribution in [3.8, 4) is 11.1 Å². The summed E-state index contributed by atoms with van der Waals surface area (Å²) in [5, 5.41) is 2.68. The van der Waals surface area contributed by atoms with E-state index in [-0.39, 0.29) is 43.7 Å². The Morgan fingerprint density at radius 2 is 1.68 bits per heavy atom. The lowest BCUT2D eigenvalue weighted by Crippen LogP contribution is -3.00. The third-order valence-corrected chi connectivity index (χ3v) is 6.42. The van der Waals surface area contributed by atoms with Gasteiger partial charge in [0.2, 0.25) is 5.91 Å². The SMILES string of the molecule is C=CC[C@@H](NC(=O)[C@H](CCC[NH+]=C(N)N)CC(=O)OCC1c2ccccc2-c2ccccc21)C(=O)OC.[Cl-]. The summed E-state index contributed by atoms with van der Waals surface area (Å²) in [4.78, 5) is 40.8. The molecule has 0 fully saturated rings. The van der Waals surface area contributed by atoms with Crippen LogP contribution in [0.3, 0.4) is 0 Å². The summed E-state index contributed by atoms with van der Waals surface area (Å²) in [5.41, 5.74) is 15.4. The summed E-state index contributed by atoms with van der Waals surface area (Å²) in [6.45, 7) is 4.23. The number of carbonyl (C=O) groups is 3. The van der Waals surface area contributed by atoms with Crippen LogP contribution in [0, 0.1) is 5.92 Å². The fraction of sp³-hybridized carbons (Fsp3) is 0.357. The maximum atomic E-state index is 13.1. The second-order valence-corrected chi connectivity index (χ2v) is 8.94. The van der Waals surface area contributed by atoms with Crippen LogP contribution in [-0.4, -0.2) is 50.1 Å². The van der Waals surface area contributed by atoms with Crippen molar-refractivity contribution in [2.75, 3.05) is 20.3 Å². The predicted molar refractivity (Wildman–Crippen MR) is 140 cm³/mol. The lowest BCUT2D eigenvalue weighted by Gasteiger charge is -2.21. The molecule has 0 radical (unpaired) electrons. The monoisotopic (exact) mass is 542 g/mol. The van der Waals surface area contributed by atoms with Gasteiger partial charge in [0.1, 0.15) is 12.6 Å². The van der Waals surface area contributed by atoms with Gasteiger partial charge in [0.25, 0.3) is 0 Å². The Bertz CT molecular complexity index is 1120. The van der Waals surface area contributed by atoms with Crippen LogP contribution in [-0.2, 0) is 23.9 Å². The van der Waals surface area contributed by atoms with E-state index in [9.17, 15) is 14.4 Å². The van der Waals surface area contributed by atoms with Crippen LogP contribution in [0.4, 0.5) is 0 Å². The summed E-state index contributed by atoms with van der Waals surface area (Å²) in [6.07, 6.45) is 2.48. The number of methoxy groups -OCH3 is 1. The molecule has 9 nitrogen and oxygen atoms in total. The van der Waals surface area contributed by atoms with Crippen molar-refractivity contribution in [2.45, 2.75) is 37.6 Å². The van der Waals surface area contributed by atoms with E-state index in [1.807, 2.05) is 36.4 Å². The van der Waals surface area contributed by atoms with Crippen molar-refractivity contribution in [3.63, 3.8) is 0 Å². The number of benzene rings is 2. The summed E-state index contributed by atoms with van der Waals surface area (Å²) in [5.74, 6) is -2.22. The molecule has 0 aliphatic heterocycles. The van der Waals surface area contributed by atoms with Gasteiger partial charge in [0, 0.05) is 11.8 Å². The fourth-order valence-corrected chi connectivity index (χ4v) is 4.60. The fourth-order valence-electron chi connectivity index (χ4n) is 4.60. The van der Waals surface area contributed by atoms with Gasteiger partial charge in [-0.05, 0) is 41.5 Å². The quantitative estimate of drug-likeness (QED) is 0.0733. The minimum Gasteiger partial charge on any atom is -1.00 e. The molecule has 0 spiro atoms. The van der Waals surface area contributed by atoms with Gasteiger partial charge < -0.3 is 27.2 Å². The number of esters is 2. The number of halogens is 1. The Kier molecular flexibility index (Phi) is 11.8. The first kappa shape index (κ1) is 30.4. The molecule has 1 aliphatic carbocycles. The molecular formula is C28H35ClN4O5. The number of carbonyl (C=O) groups excluding carboxylic acids is 3. The van der Waals surface area contributed by atoms with Crippen LogP contribution in [0.2, 0.25) is 0 Å². The first-order valence-corrected chi connectivity index (χ1v) is 12.3. The van der Waals surface area contributed by atoms with Crippen LogP contribution in [0.25, 0.3) is 11.1 Å². The number of amides is 1. The Labute approximate surface area is 229 Å². The second kappa shape index (κ2) is 14.8. The number of guanidine groups is 1. The zero-order valence-corrected chi connectivity index (χ0v) is 22.2. The Balaban J connectivity index is 0.00000507. The molecule has 2 aromatic carbocycles. The van der Waals surface area contributed by atoms with Gasteiger partial charge in [0.05, 0.1) is 20.1 Å². The van der Waals surface area contributed by atoms with Gasteiger partial charge in [-0.3, -0.25) is 26.0 Å². The zero-order chi connectivity index (χ0) is 26.8. The summed E-state index contributed by atoms with van der Waals surface area (Å²) in [7, 11) is 1.25. The van der Waals surface area contributed by atoms with E-state index in [1.54, 1.807) is 0 Å². The molecule has 3 rings (SSSR count). The molecule has 1 amide bonds. The van der Waals surface area contributed by atoms with Crippen LogP contribution in [0.5, 0.6) is 0 Å². The Morgan fingerprint density at radius 1 is 1.08 bits per heavy atom.